The Hall–Kier alpha value is -1.73. The molecule has 0 fully saturated rings. The van der Waals surface area contributed by atoms with Crippen molar-refractivity contribution in [2.75, 3.05) is 20.2 Å². The Balaban J connectivity index is 1.81. The molecule has 0 aliphatic rings. The van der Waals surface area contributed by atoms with Crippen molar-refractivity contribution in [3.63, 3.8) is 0 Å². The third-order valence-electron chi connectivity index (χ3n) is 3.16. The molecule has 0 N–H and O–H groups in total. The average Bonchev–Trinajstić information content (AvgIpc) is 2.51. The van der Waals surface area contributed by atoms with Crippen molar-refractivity contribution in [2.24, 2.45) is 0 Å². The summed E-state index contributed by atoms with van der Waals surface area (Å²) in [7, 11) is 2.02. The Kier molecular flexibility index (Phi) is 6.09. The van der Waals surface area contributed by atoms with Gasteiger partial charge < -0.3 is 4.74 Å². The second kappa shape index (κ2) is 8.05. The van der Waals surface area contributed by atoms with Crippen LogP contribution in [0.1, 0.15) is 11.1 Å². The van der Waals surface area contributed by atoms with E-state index in [2.05, 4.69) is 11.0 Å². The predicted octanol–water partition coefficient (Wildman–Crippen LogP) is 4.38. The fourth-order valence-corrected chi connectivity index (χ4v) is 2.31. The van der Waals surface area contributed by atoms with Gasteiger partial charge in [-0.2, -0.15) is 5.26 Å². The van der Waals surface area contributed by atoms with Crippen molar-refractivity contribution < 1.29 is 4.74 Å². The van der Waals surface area contributed by atoms with Crippen molar-refractivity contribution in [2.45, 2.75) is 6.54 Å². The summed E-state index contributed by atoms with van der Waals surface area (Å²) in [6, 6.07) is 14.9. The van der Waals surface area contributed by atoms with Gasteiger partial charge in [0.1, 0.15) is 12.4 Å². The van der Waals surface area contributed by atoms with E-state index in [0.29, 0.717) is 28.0 Å². The molecule has 0 atom stereocenters. The molecular formula is C17H16Cl2N2O. The normalized spacial score (nSPS) is 10.5. The van der Waals surface area contributed by atoms with Crippen LogP contribution in [0.25, 0.3) is 0 Å². The van der Waals surface area contributed by atoms with Crippen molar-refractivity contribution in [3.8, 4) is 11.8 Å². The lowest BCUT2D eigenvalue weighted by atomic mass is 10.1. The minimum atomic E-state index is 0.521. The Morgan fingerprint density at radius 2 is 1.86 bits per heavy atom. The summed E-state index contributed by atoms with van der Waals surface area (Å²) in [5.74, 6) is 0.598. The van der Waals surface area contributed by atoms with Gasteiger partial charge in [0.15, 0.2) is 0 Å². The fourth-order valence-electron chi connectivity index (χ4n) is 1.97. The molecule has 114 valence electrons. The number of halogens is 2. The average molecular weight is 335 g/mol. The molecule has 0 saturated carbocycles. The third-order valence-corrected chi connectivity index (χ3v) is 3.71. The lowest BCUT2D eigenvalue weighted by molar-refractivity contribution is 0.233. The summed E-state index contributed by atoms with van der Waals surface area (Å²) in [5, 5.41) is 9.94. The number of nitriles is 1. The predicted molar refractivity (Wildman–Crippen MR) is 89.4 cm³/mol. The van der Waals surface area contributed by atoms with Crippen molar-refractivity contribution in [1.29, 1.82) is 5.26 Å². The summed E-state index contributed by atoms with van der Waals surface area (Å²) < 4.78 is 5.66. The molecule has 5 heteroatoms. The quantitative estimate of drug-likeness (QED) is 0.786. The van der Waals surface area contributed by atoms with Gasteiger partial charge in [0.25, 0.3) is 0 Å². The Morgan fingerprint density at radius 1 is 1.14 bits per heavy atom. The van der Waals surface area contributed by atoms with E-state index in [0.717, 1.165) is 18.7 Å². The monoisotopic (exact) mass is 334 g/mol. The maximum atomic E-state index is 8.78. The van der Waals surface area contributed by atoms with Crippen LogP contribution in [0.5, 0.6) is 5.75 Å². The van der Waals surface area contributed by atoms with E-state index in [4.69, 9.17) is 33.2 Å². The van der Waals surface area contributed by atoms with Gasteiger partial charge in [-0.1, -0.05) is 35.3 Å². The van der Waals surface area contributed by atoms with E-state index in [1.807, 2.05) is 31.3 Å². The van der Waals surface area contributed by atoms with Crippen LogP contribution in [0.15, 0.2) is 42.5 Å². The molecule has 0 aliphatic heterocycles. The third kappa shape index (κ3) is 4.92. The van der Waals surface area contributed by atoms with Crippen LogP contribution in [0, 0.1) is 11.3 Å². The summed E-state index contributed by atoms with van der Waals surface area (Å²) in [5.41, 5.74) is 1.83. The Morgan fingerprint density at radius 3 is 2.55 bits per heavy atom. The standard InChI is InChI=1S/C17H16Cl2N2O/c1-21(12-14-4-2-13(11-20)3-5-14)8-9-22-17-10-15(18)6-7-16(17)19/h2-7,10H,8-9,12H2,1H3. The number of likely N-dealkylation sites (N-methyl/N-ethyl adjacent to an activating group) is 1. The molecule has 0 saturated heterocycles. The molecule has 0 spiro atoms. The number of rotatable bonds is 6. The number of benzene rings is 2. The largest absolute Gasteiger partial charge is 0.491 e. The molecule has 0 aliphatic carbocycles. The second-order valence-corrected chi connectivity index (χ2v) is 5.81. The Bertz CT molecular complexity index is 665. The molecule has 0 heterocycles. The van der Waals surface area contributed by atoms with Gasteiger partial charge >= 0.3 is 0 Å². The highest BCUT2D eigenvalue weighted by molar-refractivity contribution is 6.34. The highest BCUT2D eigenvalue weighted by Crippen LogP contribution is 2.27. The molecule has 0 aromatic heterocycles. The van der Waals surface area contributed by atoms with Gasteiger partial charge in [-0.05, 0) is 36.9 Å². The van der Waals surface area contributed by atoms with Gasteiger partial charge in [0, 0.05) is 24.2 Å². The zero-order chi connectivity index (χ0) is 15.9. The van der Waals surface area contributed by atoms with Crippen LogP contribution < -0.4 is 4.74 Å². The maximum absolute atomic E-state index is 8.78. The molecule has 0 unspecified atom stereocenters. The first-order chi connectivity index (χ1) is 10.6. The van der Waals surface area contributed by atoms with Gasteiger partial charge in [-0.25, -0.2) is 0 Å². The molecule has 0 amide bonds. The van der Waals surface area contributed by atoms with Crippen molar-refractivity contribution in [3.05, 3.63) is 63.6 Å². The van der Waals surface area contributed by atoms with Gasteiger partial charge in [0.2, 0.25) is 0 Å². The Labute approximate surface area is 140 Å². The first-order valence-electron chi connectivity index (χ1n) is 6.84. The zero-order valence-electron chi connectivity index (χ0n) is 12.2. The van der Waals surface area contributed by atoms with Crippen LogP contribution in [-0.4, -0.2) is 25.1 Å². The highest BCUT2D eigenvalue weighted by Gasteiger charge is 2.05. The van der Waals surface area contributed by atoms with Gasteiger partial charge in [-0.15, -0.1) is 0 Å². The van der Waals surface area contributed by atoms with Crippen LogP contribution >= 0.6 is 23.2 Å². The van der Waals surface area contributed by atoms with Gasteiger partial charge in [0.05, 0.1) is 16.7 Å². The minimum Gasteiger partial charge on any atom is -0.491 e. The van der Waals surface area contributed by atoms with E-state index in [1.165, 1.54) is 0 Å². The molecule has 22 heavy (non-hydrogen) atoms. The van der Waals surface area contributed by atoms with Crippen LogP contribution in [0.3, 0.4) is 0 Å². The van der Waals surface area contributed by atoms with Crippen LogP contribution in [0.4, 0.5) is 0 Å². The topological polar surface area (TPSA) is 36.3 Å². The molecule has 2 aromatic carbocycles. The molecule has 0 bridgehead atoms. The molecule has 3 nitrogen and oxygen atoms in total. The minimum absolute atomic E-state index is 0.521. The number of hydrogen-bond acceptors (Lipinski definition) is 3. The van der Waals surface area contributed by atoms with Gasteiger partial charge in [-0.3, -0.25) is 4.90 Å². The number of nitrogens with zero attached hydrogens (tertiary/aromatic N) is 2. The first kappa shape index (κ1) is 16.6. The van der Waals surface area contributed by atoms with E-state index >= 15 is 0 Å². The molecular weight excluding hydrogens is 319 g/mol. The lowest BCUT2D eigenvalue weighted by Crippen LogP contribution is -2.23. The zero-order valence-corrected chi connectivity index (χ0v) is 13.7. The molecule has 2 rings (SSSR count). The molecule has 0 radical (unpaired) electrons. The fraction of sp³-hybridized carbons (Fsp3) is 0.235. The van der Waals surface area contributed by atoms with E-state index in [1.54, 1.807) is 18.2 Å². The first-order valence-corrected chi connectivity index (χ1v) is 7.59. The van der Waals surface area contributed by atoms with E-state index in [-0.39, 0.29) is 0 Å². The summed E-state index contributed by atoms with van der Waals surface area (Å²) >= 11 is 12.0. The van der Waals surface area contributed by atoms with Crippen LogP contribution in [-0.2, 0) is 6.54 Å². The number of ether oxygens (including phenoxy) is 1. The lowest BCUT2D eigenvalue weighted by Gasteiger charge is -2.17. The maximum Gasteiger partial charge on any atom is 0.139 e. The summed E-state index contributed by atoms with van der Waals surface area (Å²) in [6.45, 7) is 2.06. The van der Waals surface area contributed by atoms with E-state index in [9.17, 15) is 0 Å². The van der Waals surface area contributed by atoms with Crippen molar-refractivity contribution >= 4 is 23.2 Å². The SMILES string of the molecule is CN(CCOc1cc(Cl)ccc1Cl)Cc1ccc(C#N)cc1. The van der Waals surface area contributed by atoms with Crippen molar-refractivity contribution in [1.82, 2.24) is 4.90 Å². The highest BCUT2D eigenvalue weighted by atomic mass is 35.5. The summed E-state index contributed by atoms with van der Waals surface area (Å²) in [6.07, 6.45) is 0. The molecule has 2 aromatic rings. The van der Waals surface area contributed by atoms with E-state index < -0.39 is 0 Å². The summed E-state index contributed by atoms with van der Waals surface area (Å²) in [4.78, 5) is 2.14. The smallest absolute Gasteiger partial charge is 0.139 e. The number of hydrogen-bond donors (Lipinski definition) is 0. The second-order valence-electron chi connectivity index (χ2n) is 4.97. The van der Waals surface area contributed by atoms with Crippen LogP contribution in [0.2, 0.25) is 10.0 Å².